The lowest BCUT2D eigenvalue weighted by Crippen LogP contribution is -2.12. The maximum Gasteiger partial charge on any atom is 0.175 e. The quantitative estimate of drug-likeness (QED) is 0.787. The van der Waals surface area contributed by atoms with Gasteiger partial charge in [0.15, 0.2) is 5.78 Å². The number of Topliss-reactive ketones (excluding diaryl/α,β-unsaturated/α-hetero) is 1. The fraction of sp³-hybridized carbons (Fsp3) is 0.133. The van der Waals surface area contributed by atoms with E-state index in [1.165, 1.54) is 24.3 Å². The molecular formula is C15H13FO2S. The molecule has 0 amide bonds. The highest BCUT2D eigenvalue weighted by molar-refractivity contribution is 7.85. The third-order valence-electron chi connectivity index (χ3n) is 2.61. The highest BCUT2D eigenvalue weighted by Gasteiger charge is 2.11. The number of ketones is 1. The average molecular weight is 276 g/mol. The van der Waals surface area contributed by atoms with Crippen LogP contribution in [0.5, 0.6) is 0 Å². The first kappa shape index (κ1) is 13.6. The van der Waals surface area contributed by atoms with Crippen molar-refractivity contribution in [3.8, 4) is 0 Å². The van der Waals surface area contributed by atoms with Gasteiger partial charge in [-0.3, -0.25) is 9.00 Å². The zero-order valence-electron chi connectivity index (χ0n) is 10.2. The molecule has 0 saturated heterocycles. The monoisotopic (exact) mass is 276 g/mol. The van der Waals surface area contributed by atoms with Gasteiger partial charge in [0.25, 0.3) is 0 Å². The summed E-state index contributed by atoms with van der Waals surface area (Å²) in [7, 11) is -1.28. The molecule has 0 bridgehead atoms. The van der Waals surface area contributed by atoms with E-state index >= 15 is 0 Å². The molecule has 4 heteroatoms. The van der Waals surface area contributed by atoms with Crippen LogP contribution in [0.25, 0.3) is 0 Å². The van der Waals surface area contributed by atoms with Crippen LogP contribution in [-0.4, -0.2) is 15.7 Å². The SMILES string of the molecule is O=C(CS(=O)Cc1ccccc1)c1cccc(F)c1. The van der Waals surface area contributed by atoms with Crippen molar-refractivity contribution in [3.05, 3.63) is 71.5 Å². The zero-order chi connectivity index (χ0) is 13.7. The van der Waals surface area contributed by atoms with E-state index in [0.717, 1.165) is 5.56 Å². The van der Waals surface area contributed by atoms with Crippen molar-refractivity contribution in [2.75, 3.05) is 5.75 Å². The van der Waals surface area contributed by atoms with E-state index in [9.17, 15) is 13.4 Å². The normalized spacial score (nSPS) is 12.1. The molecule has 2 rings (SSSR count). The molecule has 2 nitrogen and oxygen atoms in total. The molecule has 0 aromatic heterocycles. The van der Waals surface area contributed by atoms with E-state index in [4.69, 9.17) is 0 Å². The van der Waals surface area contributed by atoms with Crippen molar-refractivity contribution in [2.24, 2.45) is 0 Å². The van der Waals surface area contributed by atoms with Crippen LogP contribution in [0.3, 0.4) is 0 Å². The number of carbonyl (C=O) groups excluding carboxylic acids is 1. The molecule has 0 heterocycles. The van der Waals surface area contributed by atoms with Gasteiger partial charge in [-0.15, -0.1) is 0 Å². The van der Waals surface area contributed by atoms with Gasteiger partial charge in [0, 0.05) is 22.1 Å². The van der Waals surface area contributed by atoms with E-state index in [1.807, 2.05) is 30.3 Å². The Kier molecular flexibility index (Phi) is 4.58. The molecule has 2 aromatic rings. The molecule has 0 aliphatic heterocycles. The minimum Gasteiger partial charge on any atom is -0.293 e. The van der Waals surface area contributed by atoms with Crippen LogP contribution in [0.15, 0.2) is 54.6 Å². The minimum absolute atomic E-state index is 0.0850. The summed E-state index contributed by atoms with van der Waals surface area (Å²) in [6.45, 7) is 0. The Bertz CT molecular complexity index is 596. The second-order valence-electron chi connectivity index (χ2n) is 4.15. The predicted molar refractivity (Wildman–Crippen MR) is 73.9 cm³/mol. The van der Waals surface area contributed by atoms with Crippen LogP contribution >= 0.6 is 0 Å². The summed E-state index contributed by atoms with van der Waals surface area (Å²) >= 11 is 0. The van der Waals surface area contributed by atoms with Crippen molar-refractivity contribution in [1.82, 2.24) is 0 Å². The highest BCUT2D eigenvalue weighted by Crippen LogP contribution is 2.08. The molecule has 0 fully saturated rings. The first-order valence-electron chi connectivity index (χ1n) is 5.83. The van der Waals surface area contributed by atoms with E-state index in [2.05, 4.69) is 0 Å². The van der Waals surface area contributed by atoms with Crippen LogP contribution < -0.4 is 0 Å². The van der Waals surface area contributed by atoms with Gasteiger partial charge in [-0.1, -0.05) is 42.5 Å². The number of carbonyl (C=O) groups is 1. The van der Waals surface area contributed by atoms with E-state index in [0.29, 0.717) is 5.75 Å². The fourth-order valence-electron chi connectivity index (χ4n) is 1.70. The number of rotatable bonds is 5. The van der Waals surface area contributed by atoms with Gasteiger partial charge in [-0.2, -0.15) is 0 Å². The Labute approximate surface area is 113 Å². The maximum atomic E-state index is 13.0. The van der Waals surface area contributed by atoms with Gasteiger partial charge in [0.2, 0.25) is 0 Å². The molecule has 1 atom stereocenters. The van der Waals surface area contributed by atoms with Crippen LogP contribution in [-0.2, 0) is 16.6 Å². The minimum atomic E-state index is -1.28. The van der Waals surface area contributed by atoms with E-state index in [-0.39, 0.29) is 17.1 Å². The van der Waals surface area contributed by atoms with Gasteiger partial charge in [-0.25, -0.2) is 4.39 Å². The lowest BCUT2D eigenvalue weighted by atomic mass is 10.1. The third kappa shape index (κ3) is 4.10. The molecule has 0 aliphatic carbocycles. The van der Waals surface area contributed by atoms with Gasteiger partial charge >= 0.3 is 0 Å². The summed E-state index contributed by atoms with van der Waals surface area (Å²) in [5.41, 5.74) is 1.19. The first-order chi connectivity index (χ1) is 9.15. The first-order valence-corrected chi connectivity index (χ1v) is 7.31. The third-order valence-corrected chi connectivity index (χ3v) is 3.85. The Morgan fingerprint density at radius 2 is 1.79 bits per heavy atom. The zero-order valence-corrected chi connectivity index (χ0v) is 11.0. The Morgan fingerprint density at radius 3 is 2.47 bits per heavy atom. The second kappa shape index (κ2) is 6.38. The Morgan fingerprint density at radius 1 is 1.05 bits per heavy atom. The van der Waals surface area contributed by atoms with Crippen LogP contribution in [0.1, 0.15) is 15.9 Å². The molecule has 0 radical (unpaired) electrons. The molecule has 98 valence electrons. The number of hydrogen-bond donors (Lipinski definition) is 0. The van der Waals surface area contributed by atoms with Gasteiger partial charge in [0.05, 0.1) is 5.75 Å². The molecule has 0 aliphatic rings. The molecule has 0 spiro atoms. The number of halogens is 1. The van der Waals surface area contributed by atoms with E-state index in [1.54, 1.807) is 0 Å². The molecule has 1 unspecified atom stereocenters. The number of benzene rings is 2. The summed E-state index contributed by atoms with van der Waals surface area (Å²) in [6, 6.07) is 14.8. The molecule has 19 heavy (non-hydrogen) atoms. The van der Waals surface area contributed by atoms with Crippen molar-refractivity contribution in [1.29, 1.82) is 0 Å². The number of hydrogen-bond acceptors (Lipinski definition) is 2. The van der Waals surface area contributed by atoms with Crippen molar-refractivity contribution in [3.63, 3.8) is 0 Å². The largest absolute Gasteiger partial charge is 0.293 e. The van der Waals surface area contributed by atoms with Crippen LogP contribution in [0, 0.1) is 5.82 Å². The summed E-state index contributed by atoms with van der Waals surface area (Å²) in [5, 5.41) is 0. The highest BCUT2D eigenvalue weighted by atomic mass is 32.2. The molecular weight excluding hydrogens is 263 g/mol. The summed E-state index contributed by atoms with van der Waals surface area (Å²) in [6.07, 6.45) is 0. The second-order valence-corrected chi connectivity index (χ2v) is 5.60. The van der Waals surface area contributed by atoms with Gasteiger partial charge in [0.1, 0.15) is 5.82 Å². The topological polar surface area (TPSA) is 34.1 Å². The lowest BCUT2D eigenvalue weighted by Gasteiger charge is -2.03. The molecule has 2 aromatic carbocycles. The standard InChI is InChI=1S/C15H13FO2S/c16-14-8-4-7-13(9-14)15(17)11-19(18)10-12-5-2-1-3-6-12/h1-9H,10-11H2. The Hall–Kier alpha value is -1.81. The summed E-state index contributed by atoms with van der Waals surface area (Å²) in [4.78, 5) is 11.8. The smallest absolute Gasteiger partial charge is 0.175 e. The predicted octanol–water partition coefficient (Wildman–Crippen LogP) is 2.96. The lowest BCUT2D eigenvalue weighted by molar-refractivity contribution is 0.102. The van der Waals surface area contributed by atoms with Crippen molar-refractivity contribution < 1.29 is 13.4 Å². The van der Waals surface area contributed by atoms with E-state index < -0.39 is 16.6 Å². The molecule has 0 saturated carbocycles. The average Bonchev–Trinajstić information content (AvgIpc) is 2.39. The van der Waals surface area contributed by atoms with Crippen LogP contribution in [0.4, 0.5) is 4.39 Å². The Balaban J connectivity index is 1.98. The van der Waals surface area contributed by atoms with Gasteiger partial charge in [-0.05, 0) is 17.7 Å². The summed E-state index contributed by atoms with van der Waals surface area (Å²) in [5.74, 6) is -0.506. The van der Waals surface area contributed by atoms with Crippen molar-refractivity contribution in [2.45, 2.75) is 5.75 Å². The van der Waals surface area contributed by atoms with Crippen molar-refractivity contribution >= 4 is 16.6 Å². The summed E-state index contributed by atoms with van der Waals surface area (Å²) < 4.78 is 24.9. The molecule has 0 N–H and O–H groups in total. The fourth-order valence-corrected chi connectivity index (χ4v) is 2.83. The van der Waals surface area contributed by atoms with Gasteiger partial charge < -0.3 is 0 Å². The maximum absolute atomic E-state index is 13.0. The van der Waals surface area contributed by atoms with Crippen LogP contribution in [0.2, 0.25) is 0 Å².